The Kier molecular flexibility index (Phi) is 41.1. The minimum atomic E-state index is -0.895. The summed E-state index contributed by atoms with van der Waals surface area (Å²) in [4.78, 5) is 12.3. The molecule has 0 aliphatic rings. The molecule has 0 rings (SSSR count). The van der Waals surface area contributed by atoms with Crippen molar-refractivity contribution in [3.8, 4) is 0 Å². The molecule has 0 aliphatic carbocycles. The van der Waals surface area contributed by atoms with E-state index in [1.54, 1.807) is 6.08 Å². The molecule has 0 heterocycles. The molecule has 0 aromatic heterocycles. The molecule has 0 aliphatic heterocycles. The van der Waals surface area contributed by atoms with E-state index in [1.165, 1.54) is 44.9 Å². The molecule has 2 unspecified atom stereocenters. The van der Waals surface area contributed by atoms with Crippen LogP contribution >= 0.6 is 0 Å². The second-order valence-corrected chi connectivity index (χ2v) is 13.7. The van der Waals surface area contributed by atoms with Gasteiger partial charge in [-0.3, -0.25) is 4.79 Å². The van der Waals surface area contributed by atoms with Gasteiger partial charge in [0.05, 0.1) is 18.8 Å². The molecule has 0 bridgehead atoms. The molecule has 0 saturated carbocycles. The lowest BCUT2D eigenvalue weighted by Crippen LogP contribution is -2.45. The molecule has 0 radical (unpaired) electrons. The predicted molar refractivity (Wildman–Crippen MR) is 238 cm³/mol. The number of rotatable bonds is 36. The number of nitrogens with one attached hydrogen (secondary N) is 1. The zero-order valence-electron chi connectivity index (χ0n) is 34.4. The molecule has 0 aromatic carbocycles. The Morgan fingerprint density at radius 1 is 0.463 bits per heavy atom. The number of unbranched alkanes of at least 4 members (excludes halogenated alkanes) is 9. The van der Waals surface area contributed by atoms with Crippen molar-refractivity contribution >= 4 is 5.91 Å². The molecule has 4 heteroatoms. The van der Waals surface area contributed by atoms with E-state index in [1.807, 2.05) is 6.08 Å². The largest absolute Gasteiger partial charge is 0.394 e. The molecule has 0 fully saturated rings. The first-order valence-corrected chi connectivity index (χ1v) is 21.4. The highest BCUT2D eigenvalue weighted by atomic mass is 16.3. The molecule has 0 aromatic rings. The van der Waals surface area contributed by atoms with Crippen LogP contribution in [-0.2, 0) is 4.79 Å². The van der Waals surface area contributed by atoms with E-state index in [9.17, 15) is 15.0 Å². The Hall–Kier alpha value is -3.47. The quantitative estimate of drug-likeness (QED) is 0.0442. The van der Waals surface area contributed by atoms with Crippen LogP contribution in [-0.4, -0.2) is 34.9 Å². The zero-order valence-corrected chi connectivity index (χ0v) is 34.4. The number of hydrogen-bond acceptors (Lipinski definition) is 3. The van der Waals surface area contributed by atoms with Crippen LogP contribution in [0, 0.1) is 0 Å². The third-order valence-electron chi connectivity index (χ3n) is 8.62. The average molecular weight is 742 g/mol. The van der Waals surface area contributed by atoms with Gasteiger partial charge in [-0.05, 0) is 96.3 Å². The van der Waals surface area contributed by atoms with Crippen molar-refractivity contribution in [2.45, 2.75) is 167 Å². The zero-order chi connectivity index (χ0) is 39.3. The summed E-state index contributed by atoms with van der Waals surface area (Å²) in [6.45, 7) is 4.12. The van der Waals surface area contributed by atoms with E-state index < -0.39 is 12.1 Å². The van der Waals surface area contributed by atoms with Gasteiger partial charge in [0.1, 0.15) is 0 Å². The minimum Gasteiger partial charge on any atom is -0.394 e. The van der Waals surface area contributed by atoms with E-state index >= 15 is 0 Å². The van der Waals surface area contributed by atoms with Gasteiger partial charge in [-0.2, -0.15) is 0 Å². The number of carbonyl (C=O) groups excluding carboxylic acids is 1. The maximum absolute atomic E-state index is 12.3. The van der Waals surface area contributed by atoms with Gasteiger partial charge in [-0.25, -0.2) is 0 Å². The SMILES string of the molecule is CC/C=C\C/C=C\C/C=C\C/C=C\C/C=C\C/C=C\C/C=C\C/C=C\C/C=C\CCCC(=O)NC(CO)C(O)/C=C/CC/C=C/CCCCCCCCC. The van der Waals surface area contributed by atoms with Crippen LogP contribution in [0.25, 0.3) is 0 Å². The normalized spacial score (nSPS) is 14.4. The van der Waals surface area contributed by atoms with Crippen molar-refractivity contribution < 1.29 is 15.0 Å². The third kappa shape index (κ3) is 39.7. The fourth-order valence-electron chi connectivity index (χ4n) is 5.37. The molecule has 2 atom stereocenters. The predicted octanol–water partition coefficient (Wildman–Crippen LogP) is 13.6. The Labute approximate surface area is 332 Å². The summed E-state index contributed by atoms with van der Waals surface area (Å²) < 4.78 is 0. The highest BCUT2D eigenvalue weighted by molar-refractivity contribution is 5.76. The maximum atomic E-state index is 12.3. The van der Waals surface area contributed by atoms with E-state index in [-0.39, 0.29) is 12.5 Å². The maximum Gasteiger partial charge on any atom is 0.220 e. The summed E-state index contributed by atoms with van der Waals surface area (Å²) in [7, 11) is 0. The first-order chi connectivity index (χ1) is 26.7. The Bertz CT molecular complexity index is 1160. The van der Waals surface area contributed by atoms with Gasteiger partial charge in [0.25, 0.3) is 0 Å². The summed E-state index contributed by atoms with van der Waals surface area (Å²) in [5.41, 5.74) is 0. The Balaban J connectivity index is 3.83. The van der Waals surface area contributed by atoms with Gasteiger partial charge in [0, 0.05) is 6.42 Å². The summed E-state index contributed by atoms with van der Waals surface area (Å²) in [5.74, 6) is -0.140. The highest BCUT2D eigenvalue weighted by Crippen LogP contribution is 2.09. The number of hydrogen-bond donors (Lipinski definition) is 3. The van der Waals surface area contributed by atoms with Crippen LogP contribution in [0.3, 0.4) is 0 Å². The molecular weight excluding hydrogens is 663 g/mol. The molecule has 4 nitrogen and oxygen atoms in total. The monoisotopic (exact) mass is 742 g/mol. The lowest BCUT2D eigenvalue weighted by Gasteiger charge is -2.19. The van der Waals surface area contributed by atoms with Crippen LogP contribution in [0.15, 0.2) is 134 Å². The second-order valence-electron chi connectivity index (χ2n) is 13.7. The number of amides is 1. The molecule has 3 N–H and O–H groups in total. The molecule has 54 heavy (non-hydrogen) atoms. The Morgan fingerprint density at radius 2 is 0.833 bits per heavy atom. The van der Waals surface area contributed by atoms with Crippen molar-refractivity contribution in [3.63, 3.8) is 0 Å². The number of allylic oxidation sites excluding steroid dienone is 21. The smallest absolute Gasteiger partial charge is 0.220 e. The first-order valence-electron chi connectivity index (χ1n) is 21.4. The summed E-state index contributed by atoms with van der Waals surface area (Å²) in [6, 6.07) is -0.679. The first kappa shape index (κ1) is 50.5. The van der Waals surface area contributed by atoms with Crippen LogP contribution in [0.2, 0.25) is 0 Å². The second kappa shape index (κ2) is 43.9. The van der Waals surface area contributed by atoms with Gasteiger partial charge in [-0.1, -0.05) is 186 Å². The molecule has 1 amide bonds. The van der Waals surface area contributed by atoms with Gasteiger partial charge in [0.2, 0.25) is 5.91 Å². The van der Waals surface area contributed by atoms with E-state index in [0.29, 0.717) is 6.42 Å². The molecular formula is C50H79NO3. The van der Waals surface area contributed by atoms with Crippen LogP contribution < -0.4 is 5.32 Å². The van der Waals surface area contributed by atoms with E-state index in [2.05, 4.69) is 141 Å². The van der Waals surface area contributed by atoms with Crippen molar-refractivity contribution in [1.82, 2.24) is 5.32 Å². The standard InChI is InChI=1S/C50H79NO3/c1-3-5-7-9-11-13-15-17-18-19-20-21-22-23-24-25-26-27-28-29-30-31-32-34-36-38-40-42-44-46-50(54)51-48(47-52)49(53)45-43-41-39-37-35-33-16-14-12-10-8-6-4-2/h5,7,11,13,17-18,20-21,23-24,26-27,29-30,32,34-35,37-38,40,43,45,48-49,52-53H,3-4,6,8-10,12,14-16,19,22,25,28,31,33,36,39,41-42,44,46-47H2,1-2H3,(H,51,54)/b7-5-,13-11-,18-17-,21-20-,24-23-,27-26-,30-29-,34-32-,37-35+,40-38-,45-43+. The summed E-state index contributed by atoms with van der Waals surface area (Å²) in [6.07, 6.45) is 69.8. The number of aliphatic hydroxyl groups is 2. The fourth-order valence-corrected chi connectivity index (χ4v) is 5.37. The average Bonchev–Trinajstić information content (AvgIpc) is 3.18. The van der Waals surface area contributed by atoms with Crippen molar-refractivity contribution in [3.05, 3.63) is 134 Å². The minimum absolute atomic E-state index is 0.140. The number of carbonyl (C=O) groups is 1. The number of aliphatic hydroxyl groups excluding tert-OH is 2. The van der Waals surface area contributed by atoms with E-state index in [0.717, 1.165) is 89.9 Å². The van der Waals surface area contributed by atoms with Gasteiger partial charge >= 0.3 is 0 Å². The van der Waals surface area contributed by atoms with Crippen LogP contribution in [0.4, 0.5) is 0 Å². The lowest BCUT2D eigenvalue weighted by atomic mass is 10.1. The van der Waals surface area contributed by atoms with Gasteiger partial charge < -0.3 is 15.5 Å². The lowest BCUT2D eigenvalue weighted by molar-refractivity contribution is -0.122. The van der Waals surface area contributed by atoms with E-state index in [4.69, 9.17) is 0 Å². The van der Waals surface area contributed by atoms with Crippen molar-refractivity contribution in [2.24, 2.45) is 0 Å². The topological polar surface area (TPSA) is 69.6 Å². The van der Waals surface area contributed by atoms with Crippen molar-refractivity contribution in [1.29, 1.82) is 0 Å². The fraction of sp³-hybridized carbons (Fsp3) is 0.540. The highest BCUT2D eigenvalue weighted by Gasteiger charge is 2.17. The Morgan fingerprint density at radius 3 is 1.30 bits per heavy atom. The molecule has 302 valence electrons. The van der Waals surface area contributed by atoms with Crippen LogP contribution in [0.1, 0.15) is 155 Å². The van der Waals surface area contributed by atoms with Gasteiger partial charge in [0.15, 0.2) is 0 Å². The summed E-state index contributed by atoms with van der Waals surface area (Å²) in [5, 5.41) is 22.9. The van der Waals surface area contributed by atoms with Gasteiger partial charge in [-0.15, -0.1) is 0 Å². The summed E-state index contributed by atoms with van der Waals surface area (Å²) >= 11 is 0. The van der Waals surface area contributed by atoms with Crippen molar-refractivity contribution in [2.75, 3.05) is 6.61 Å². The molecule has 0 spiro atoms. The third-order valence-corrected chi connectivity index (χ3v) is 8.62. The molecule has 0 saturated heterocycles. The van der Waals surface area contributed by atoms with Crippen LogP contribution in [0.5, 0.6) is 0 Å².